The van der Waals surface area contributed by atoms with Gasteiger partial charge in [-0.05, 0) is 147 Å². The van der Waals surface area contributed by atoms with Gasteiger partial charge in [0, 0.05) is 37.6 Å². The van der Waals surface area contributed by atoms with Gasteiger partial charge >= 0.3 is 0 Å². The maximum Gasteiger partial charge on any atom is 0.0372 e. The van der Waals surface area contributed by atoms with Gasteiger partial charge in [0.15, 0.2) is 0 Å². The number of benzene rings is 7. The average molecular weight is 649 g/mol. The first-order valence-electron chi connectivity index (χ1n) is 18.7. The smallest absolute Gasteiger partial charge is 0.0372 e. The van der Waals surface area contributed by atoms with E-state index in [0.29, 0.717) is 0 Å². The van der Waals surface area contributed by atoms with Crippen LogP contribution in [-0.4, -0.2) is 26.2 Å². The van der Waals surface area contributed by atoms with Crippen LogP contribution in [0.3, 0.4) is 0 Å². The predicted octanol–water partition coefficient (Wildman–Crippen LogP) is 12.6. The van der Waals surface area contributed by atoms with Gasteiger partial charge in [-0.15, -0.1) is 0 Å². The lowest BCUT2D eigenvalue weighted by Crippen LogP contribution is -2.29. The summed E-state index contributed by atoms with van der Waals surface area (Å²) in [6.07, 6.45) is 7.70. The minimum atomic E-state index is 1.13. The van der Waals surface area contributed by atoms with Crippen molar-refractivity contribution in [2.45, 2.75) is 38.5 Å². The Morgan fingerprint density at radius 3 is 1.10 bits per heavy atom. The first-order chi connectivity index (χ1) is 24.8. The van der Waals surface area contributed by atoms with Gasteiger partial charge in [0.1, 0.15) is 0 Å². The summed E-state index contributed by atoms with van der Waals surface area (Å²) < 4.78 is 0. The molecular weight excluding hydrogens is 605 g/mol. The fraction of sp³-hybridized carbons (Fsp3) is 0.208. The molecule has 0 unspecified atom stereocenters. The average Bonchev–Trinajstić information content (AvgIpc) is 3.21. The minimum absolute atomic E-state index is 1.13. The molecule has 0 aliphatic carbocycles. The number of piperidine rings is 2. The number of rotatable bonds is 6. The van der Waals surface area contributed by atoms with Crippen LogP contribution in [0.5, 0.6) is 0 Å². The van der Waals surface area contributed by atoms with E-state index in [9.17, 15) is 0 Å². The van der Waals surface area contributed by atoms with E-state index < -0.39 is 0 Å². The van der Waals surface area contributed by atoms with Gasteiger partial charge in [-0.1, -0.05) is 103 Å². The third-order valence-corrected chi connectivity index (χ3v) is 11.0. The third-order valence-electron chi connectivity index (χ3n) is 11.0. The minimum Gasteiger partial charge on any atom is -0.372 e. The molecule has 0 atom stereocenters. The van der Waals surface area contributed by atoms with Crippen LogP contribution in [0.4, 0.5) is 11.4 Å². The molecule has 0 aromatic heterocycles. The molecular formula is C48H44N2. The van der Waals surface area contributed by atoms with Crippen molar-refractivity contribution in [3.63, 3.8) is 0 Å². The number of hydrogen-bond donors (Lipinski definition) is 0. The Morgan fingerprint density at radius 2 is 0.660 bits per heavy atom. The van der Waals surface area contributed by atoms with Crippen molar-refractivity contribution >= 4 is 32.9 Å². The zero-order valence-corrected chi connectivity index (χ0v) is 28.8. The van der Waals surface area contributed by atoms with Crippen molar-refractivity contribution in [1.82, 2.24) is 0 Å². The maximum atomic E-state index is 2.61. The third kappa shape index (κ3) is 5.83. The molecule has 2 aliphatic heterocycles. The maximum absolute atomic E-state index is 2.61. The van der Waals surface area contributed by atoms with E-state index in [-0.39, 0.29) is 0 Å². The van der Waals surface area contributed by atoms with Crippen molar-refractivity contribution < 1.29 is 0 Å². The summed E-state index contributed by atoms with van der Waals surface area (Å²) in [4.78, 5) is 5.21. The second-order valence-electron chi connectivity index (χ2n) is 14.2. The molecule has 0 amide bonds. The quantitative estimate of drug-likeness (QED) is 0.166. The van der Waals surface area contributed by atoms with E-state index in [4.69, 9.17) is 0 Å². The zero-order chi connectivity index (χ0) is 33.3. The highest BCUT2D eigenvalue weighted by atomic mass is 15.1. The lowest BCUT2D eigenvalue weighted by molar-refractivity contribution is 0.578. The Balaban J connectivity index is 1.38. The largest absolute Gasteiger partial charge is 0.372 e. The van der Waals surface area contributed by atoms with E-state index in [2.05, 4.69) is 155 Å². The number of fused-ring (bicyclic) bond motifs is 2. The molecule has 0 bridgehead atoms. The molecule has 2 nitrogen and oxygen atoms in total. The molecule has 2 fully saturated rings. The van der Waals surface area contributed by atoms with Crippen molar-refractivity contribution in [3.8, 4) is 44.5 Å². The first-order valence-corrected chi connectivity index (χ1v) is 18.7. The highest BCUT2D eigenvalue weighted by molar-refractivity contribution is 6.22. The molecule has 2 heterocycles. The van der Waals surface area contributed by atoms with Crippen LogP contribution in [0.15, 0.2) is 146 Å². The lowest BCUT2D eigenvalue weighted by Gasteiger charge is -2.30. The Kier molecular flexibility index (Phi) is 8.30. The van der Waals surface area contributed by atoms with E-state index in [1.165, 1.54) is 116 Å². The molecule has 7 aromatic rings. The monoisotopic (exact) mass is 648 g/mol. The van der Waals surface area contributed by atoms with Gasteiger partial charge in [0.05, 0.1) is 0 Å². The van der Waals surface area contributed by atoms with Crippen LogP contribution >= 0.6 is 0 Å². The topological polar surface area (TPSA) is 6.48 Å². The van der Waals surface area contributed by atoms with Crippen LogP contribution in [0.2, 0.25) is 0 Å². The van der Waals surface area contributed by atoms with E-state index in [1.54, 1.807) is 0 Å². The SMILES string of the molecule is c1ccc(-c2cc(-c3ccccc3)cc(-c3c4ccc(N5CCCCC5)cc4c(-c4ccccc4)c4ccc(N5CCCCC5)cc34)c2)cc1. The van der Waals surface area contributed by atoms with E-state index in [0.717, 1.165) is 26.2 Å². The Labute approximate surface area is 296 Å². The first kappa shape index (κ1) is 30.7. The van der Waals surface area contributed by atoms with Crippen molar-refractivity contribution in [2.75, 3.05) is 36.0 Å². The molecule has 2 saturated heterocycles. The summed E-state index contributed by atoms with van der Waals surface area (Å²) in [5.41, 5.74) is 12.8. The normalized spacial score (nSPS) is 15.1. The molecule has 2 heteroatoms. The zero-order valence-electron chi connectivity index (χ0n) is 28.8. The molecule has 0 radical (unpaired) electrons. The van der Waals surface area contributed by atoms with Crippen molar-refractivity contribution in [2.24, 2.45) is 0 Å². The van der Waals surface area contributed by atoms with Crippen LogP contribution in [-0.2, 0) is 0 Å². The number of hydrogen-bond acceptors (Lipinski definition) is 2. The van der Waals surface area contributed by atoms with Crippen LogP contribution in [0, 0.1) is 0 Å². The summed E-state index contributed by atoms with van der Waals surface area (Å²) in [6.45, 7) is 4.51. The summed E-state index contributed by atoms with van der Waals surface area (Å²) in [6, 6.07) is 54.8. The molecule has 0 spiro atoms. The van der Waals surface area contributed by atoms with Gasteiger partial charge in [0.25, 0.3) is 0 Å². The second-order valence-corrected chi connectivity index (χ2v) is 14.2. The lowest BCUT2D eigenvalue weighted by atomic mass is 9.84. The van der Waals surface area contributed by atoms with Gasteiger partial charge in [-0.25, -0.2) is 0 Å². The van der Waals surface area contributed by atoms with Crippen LogP contribution < -0.4 is 9.80 Å². The summed E-state index contributed by atoms with van der Waals surface area (Å²) in [7, 11) is 0. The van der Waals surface area contributed by atoms with Crippen LogP contribution in [0.25, 0.3) is 66.1 Å². The predicted molar refractivity (Wildman–Crippen MR) is 215 cm³/mol. The standard InChI is InChI=1S/C48H44N2/c1-6-16-35(17-7-1)38-30-39(36-18-8-2-9-19-36)32-40(31-38)48-44-25-23-41(49-26-12-4-13-27-49)33-45(44)47(37-20-10-3-11-21-37)43-24-22-42(34-46(43)48)50-28-14-5-15-29-50/h1-3,6-11,16-25,30-34H,4-5,12-15,26-29H2. The molecule has 2 aliphatic rings. The van der Waals surface area contributed by atoms with E-state index >= 15 is 0 Å². The Bertz CT molecular complexity index is 2200. The molecule has 0 N–H and O–H groups in total. The van der Waals surface area contributed by atoms with Crippen molar-refractivity contribution in [1.29, 1.82) is 0 Å². The highest BCUT2D eigenvalue weighted by Crippen LogP contribution is 2.47. The molecule has 9 rings (SSSR count). The van der Waals surface area contributed by atoms with E-state index in [1.807, 2.05) is 0 Å². The molecule has 7 aromatic carbocycles. The summed E-state index contributed by atoms with van der Waals surface area (Å²) >= 11 is 0. The molecule has 50 heavy (non-hydrogen) atoms. The van der Waals surface area contributed by atoms with Gasteiger partial charge in [0.2, 0.25) is 0 Å². The van der Waals surface area contributed by atoms with Gasteiger partial charge < -0.3 is 9.80 Å². The highest BCUT2D eigenvalue weighted by Gasteiger charge is 2.22. The fourth-order valence-electron chi connectivity index (χ4n) is 8.50. The Morgan fingerprint density at radius 1 is 0.280 bits per heavy atom. The van der Waals surface area contributed by atoms with Crippen LogP contribution in [0.1, 0.15) is 38.5 Å². The number of nitrogens with zero attached hydrogens (tertiary/aromatic N) is 2. The molecule has 0 saturated carbocycles. The summed E-state index contributed by atoms with van der Waals surface area (Å²) in [5.74, 6) is 0. The van der Waals surface area contributed by atoms with Gasteiger partial charge in [-0.3, -0.25) is 0 Å². The second kappa shape index (κ2) is 13.5. The summed E-state index contributed by atoms with van der Waals surface area (Å²) in [5, 5.41) is 5.30. The van der Waals surface area contributed by atoms with Crippen molar-refractivity contribution in [3.05, 3.63) is 146 Å². The van der Waals surface area contributed by atoms with Gasteiger partial charge in [-0.2, -0.15) is 0 Å². The number of anilines is 2. The fourth-order valence-corrected chi connectivity index (χ4v) is 8.50. The Hall–Kier alpha value is -5.34. The molecule has 246 valence electrons.